The van der Waals surface area contributed by atoms with Crippen molar-refractivity contribution < 1.29 is 4.74 Å². The number of anilines is 2. The molecule has 2 aromatic carbocycles. The number of rotatable bonds is 4. The molecule has 2 N–H and O–H groups in total. The van der Waals surface area contributed by atoms with Crippen molar-refractivity contribution in [2.45, 2.75) is 18.7 Å². The van der Waals surface area contributed by atoms with Gasteiger partial charge in [0, 0.05) is 23.7 Å². The Morgan fingerprint density at radius 1 is 1.05 bits per heavy atom. The monoisotopic (exact) mass is 318 g/mol. The molecule has 2 aromatic rings. The van der Waals surface area contributed by atoms with Gasteiger partial charge in [0.1, 0.15) is 5.75 Å². The molecule has 0 saturated heterocycles. The lowest BCUT2D eigenvalue weighted by Gasteiger charge is -2.30. The predicted octanol–water partition coefficient (Wildman–Crippen LogP) is 4.38. The molecule has 2 rings (SSSR count). The van der Waals surface area contributed by atoms with Gasteiger partial charge in [-0.25, -0.2) is 0 Å². The Labute approximate surface area is 134 Å². The van der Waals surface area contributed by atoms with E-state index in [4.69, 9.17) is 10.5 Å². The molecule has 4 heteroatoms. The molecule has 0 heterocycles. The number of nitrogen functional groups attached to an aromatic ring is 1. The topological polar surface area (TPSA) is 38.5 Å². The maximum atomic E-state index is 5.80. The Balaban J connectivity index is 0.00000116. The third kappa shape index (κ3) is 3.77. The summed E-state index contributed by atoms with van der Waals surface area (Å²) in [7, 11) is 1.99. The molecule has 0 radical (unpaired) electrons. The zero-order valence-electron chi connectivity index (χ0n) is 13.9. The van der Waals surface area contributed by atoms with Crippen molar-refractivity contribution in [1.82, 2.24) is 0 Å². The first kappa shape index (κ1) is 18.0. The highest BCUT2D eigenvalue weighted by atomic mass is 32.2. The van der Waals surface area contributed by atoms with E-state index in [1.807, 2.05) is 57.3 Å². The Kier molecular flexibility index (Phi) is 6.38. The smallest absolute Gasteiger partial charge is 0.145 e. The van der Waals surface area contributed by atoms with Gasteiger partial charge < -0.3 is 14.8 Å². The number of methoxy groups -OCH3 is 1. The molecule has 0 unspecified atom stereocenters. The van der Waals surface area contributed by atoms with Crippen LogP contribution >= 0.6 is 9.39 Å². The molecule has 0 aliphatic heterocycles. The van der Waals surface area contributed by atoms with Crippen molar-refractivity contribution in [2.24, 2.45) is 0 Å². The molecule has 0 fully saturated rings. The summed E-state index contributed by atoms with van der Waals surface area (Å²) >= 11 is 0. The molecular formula is C18H26N2OS. The molecule has 0 atom stereocenters. The maximum Gasteiger partial charge on any atom is 0.145 e. The molecule has 3 nitrogen and oxygen atoms in total. The number of ether oxygens (including phenoxy) is 1. The van der Waals surface area contributed by atoms with Crippen molar-refractivity contribution in [3.05, 3.63) is 48.5 Å². The molecule has 0 bridgehead atoms. The van der Waals surface area contributed by atoms with Crippen LogP contribution in [0.25, 0.3) is 0 Å². The van der Waals surface area contributed by atoms with E-state index in [1.54, 1.807) is 7.11 Å². The number of hydrogen-bond donors (Lipinski definition) is 1. The summed E-state index contributed by atoms with van der Waals surface area (Å²) in [6.07, 6.45) is 0. The van der Waals surface area contributed by atoms with Crippen molar-refractivity contribution in [1.29, 1.82) is 0 Å². The number of nitrogens with zero attached hydrogens (tertiary/aromatic N) is 1. The van der Waals surface area contributed by atoms with E-state index in [0.717, 1.165) is 16.3 Å². The maximum absolute atomic E-state index is 5.80. The summed E-state index contributed by atoms with van der Waals surface area (Å²) in [6.45, 7) is 4.00. The molecule has 0 aromatic heterocycles. The molecule has 0 spiro atoms. The fourth-order valence-electron chi connectivity index (χ4n) is 1.97. The predicted molar refractivity (Wildman–Crippen MR) is 104 cm³/mol. The molecule has 0 aliphatic carbocycles. The van der Waals surface area contributed by atoms with Crippen LogP contribution in [0, 0.1) is 0 Å². The number of benzene rings is 2. The van der Waals surface area contributed by atoms with Crippen LogP contribution in [0.1, 0.15) is 13.8 Å². The Bertz CT molecular complexity index is 694. The summed E-state index contributed by atoms with van der Waals surface area (Å²) < 4.78 is 7.48. The van der Waals surface area contributed by atoms with Gasteiger partial charge in [0.15, 0.2) is 0 Å². The van der Waals surface area contributed by atoms with E-state index < -0.39 is 9.39 Å². The van der Waals surface area contributed by atoms with E-state index in [-0.39, 0.29) is 0 Å². The number of nitrogens with two attached hydrogens (primary N) is 1. The average molecular weight is 318 g/mol. The minimum atomic E-state index is -1.62. The normalized spacial score (nSPS) is 10.4. The highest BCUT2D eigenvalue weighted by molar-refractivity contribution is 8.28. The van der Waals surface area contributed by atoms with Crippen molar-refractivity contribution in [3.8, 4) is 5.75 Å². The first-order chi connectivity index (χ1) is 10.5. The molecule has 0 saturated carbocycles. The van der Waals surface area contributed by atoms with Crippen LogP contribution in [0.2, 0.25) is 0 Å². The molecule has 22 heavy (non-hydrogen) atoms. The van der Waals surface area contributed by atoms with Crippen LogP contribution in [-0.4, -0.2) is 25.9 Å². The minimum Gasteiger partial charge on any atom is -0.494 e. The summed E-state index contributed by atoms with van der Waals surface area (Å²) in [6, 6.07) is 15.7. The van der Waals surface area contributed by atoms with Crippen molar-refractivity contribution in [2.75, 3.05) is 24.2 Å². The second kappa shape index (κ2) is 7.80. The van der Waals surface area contributed by atoms with Crippen LogP contribution in [-0.2, 0) is 0 Å². The Morgan fingerprint density at radius 3 is 2.18 bits per heavy atom. The van der Waals surface area contributed by atoms with Gasteiger partial charge >= 0.3 is 0 Å². The first-order valence-electron chi connectivity index (χ1n) is 7.18. The largest absolute Gasteiger partial charge is 0.494 e. The van der Waals surface area contributed by atoms with E-state index in [2.05, 4.69) is 28.2 Å². The average Bonchev–Trinajstić information content (AvgIpc) is 2.56. The zero-order valence-corrected chi connectivity index (χ0v) is 14.7. The lowest BCUT2D eigenvalue weighted by atomic mass is 10.2. The molecular weight excluding hydrogens is 292 g/mol. The van der Waals surface area contributed by atoms with Gasteiger partial charge in [0.2, 0.25) is 0 Å². The third-order valence-electron chi connectivity index (χ3n) is 3.25. The Hall–Kier alpha value is -2.07. The van der Waals surface area contributed by atoms with Gasteiger partial charge in [-0.2, -0.15) is 0 Å². The zero-order chi connectivity index (χ0) is 16.8. The van der Waals surface area contributed by atoms with Crippen LogP contribution in [0.15, 0.2) is 53.4 Å². The van der Waals surface area contributed by atoms with E-state index in [0.29, 0.717) is 5.69 Å². The highest BCUT2D eigenvalue weighted by Gasteiger charge is 2.14. The summed E-state index contributed by atoms with van der Waals surface area (Å²) in [5, 5.41) is 0. The van der Waals surface area contributed by atoms with Crippen LogP contribution in [0.4, 0.5) is 11.4 Å². The third-order valence-corrected chi connectivity index (χ3v) is 5.64. The highest BCUT2D eigenvalue weighted by Crippen LogP contribution is 2.42. The Morgan fingerprint density at radius 2 is 1.64 bits per heavy atom. The first-order valence-corrected chi connectivity index (χ1v) is 9.11. The fraction of sp³-hybridized carbons (Fsp3) is 0.222. The molecule has 0 aliphatic rings. The van der Waals surface area contributed by atoms with Crippen molar-refractivity contribution >= 4 is 32.5 Å². The lowest BCUT2D eigenvalue weighted by Crippen LogP contribution is -2.14. The summed E-state index contributed by atoms with van der Waals surface area (Å²) in [5.41, 5.74) is 7.41. The SMILES string of the molecule is C=S(=C)(c1ccccc1)N(C)c1ccc(N)cc1OC.CC. The van der Waals surface area contributed by atoms with Gasteiger partial charge in [-0.1, -0.05) is 43.8 Å². The van der Waals surface area contributed by atoms with Crippen LogP contribution < -0.4 is 14.8 Å². The van der Waals surface area contributed by atoms with Gasteiger partial charge in [-0.15, -0.1) is 9.39 Å². The van der Waals surface area contributed by atoms with Gasteiger partial charge in [0.25, 0.3) is 0 Å². The van der Waals surface area contributed by atoms with Gasteiger partial charge in [0.05, 0.1) is 12.8 Å². The number of hydrogen-bond acceptors (Lipinski definition) is 3. The lowest BCUT2D eigenvalue weighted by molar-refractivity contribution is 0.416. The van der Waals surface area contributed by atoms with Gasteiger partial charge in [-0.3, -0.25) is 0 Å². The quantitative estimate of drug-likeness (QED) is 0.671. The van der Waals surface area contributed by atoms with Crippen molar-refractivity contribution in [3.63, 3.8) is 0 Å². The van der Waals surface area contributed by atoms with Crippen LogP contribution in [0.5, 0.6) is 5.75 Å². The van der Waals surface area contributed by atoms with E-state index in [1.165, 1.54) is 0 Å². The summed E-state index contributed by atoms with van der Waals surface area (Å²) in [5.74, 6) is 9.38. The minimum absolute atomic E-state index is 0.674. The second-order valence-electron chi connectivity index (χ2n) is 4.58. The molecule has 120 valence electrons. The van der Waals surface area contributed by atoms with E-state index >= 15 is 0 Å². The summed E-state index contributed by atoms with van der Waals surface area (Å²) in [4.78, 5) is 1.11. The second-order valence-corrected chi connectivity index (χ2v) is 7.29. The van der Waals surface area contributed by atoms with E-state index in [9.17, 15) is 0 Å². The van der Waals surface area contributed by atoms with Gasteiger partial charge in [-0.05, 0) is 24.3 Å². The standard InChI is InChI=1S/C16H20N2OS.C2H6/c1-18(15-11-10-13(17)12-16(15)19-2)20(3,4)14-8-6-5-7-9-14;1-2/h5-12H,3-4,17H2,1-2H3;1-2H3. The van der Waals surface area contributed by atoms with Crippen LogP contribution in [0.3, 0.4) is 0 Å². The molecule has 0 amide bonds. The fourth-order valence-corrected chi connectivity index (χ4v) is 3.48.